The van der Waals surface area contributed by atoms with E-state index in [1.165, 1.54) is 0 Å². The molecular formula is C24H39BN4O6. The van der Waals surface area contributed by atoms with Crippen LogP contribution in [0.5, 0.6) is 6.01 Å². The molecule has 2 fully saturated rings. The number of nitrogens with zero attached hydrogens (tertiary/aromatic N) is 3. The number of amides is 2. The zero-order valence-corrected chi connectivity index (χ0v) is 22.2. The van der Waals surface area contributed by atoms with Gasteiger partial charge < -0.3 is 29.0 Å². The lowest BCUT2D eigenvalue weighted by Gasteiger charge is -2.37. The molecular weight excluding hydrogens is 451 g/mol. The Kier molecular flexibility index (Phi) is 8.01. The summed E-state index contributed by atoms with van der Waals surface area (Å²) in [6.07, 6.45) is 5.37. The van der Waals surface area contributed by atoms with Crippen molar-refractivity contribution in [3.63, 3.8) is 0 Å². The van der Waals surface area contributed by atoms with Gasteiger partial charge in [-0.1, -0.05) is 0 Å². The van der Waals surface area contributed by atoms with Crippen LogP contribution >= 0.6 is 0 Å². The second-order valence-electron chi connectivity index (χ2n) is 11.2. The third-order valence-corrected chi connectivity index (χ3v) is 6.59. The monoisotopic (exact) mass is 490 g/mol. The average molecular weight is 490 g/mol. The van der Waals surface area contributed by atoms with Crippen LogP contribution in [0.3, 0.4) is 0 Å². The fraction of sp³-hybridized carbons (Fsp3) is 0.750. The largest absolute Gasteiger partial charge is 0.498 e. The molecule has 11 heteroatoms. The van der Waals surface area contributed by atoms with Crippen molar-refractivity contribution < 1.29 is 28.4 Å². The fourth-order valence-electron chi connectivity index (χ4n) is 3.93. The third-order valence-electron chi connectivity index (χ3n) is 6.59. The highest BCUT2D eigenvalue weighted by Crippen LogP contribution is 2.36. The number of hydrogen-bond donors (Lipinski definition) is 1. The highest BCUT2D eigenvalue weighted by Gasteiger charge is 2.52. The van der Waals surface area contributed by atoms with Crippen LogP contribution in [0.1, 0.15) is 74.7 Å². The predicted molar refractivity (Wildman–Crippen MR) is 131 cm³/mol. The Morgan fingerprint density at radius 3 is 2.34 bits per heavy atom. The van der Waals surface area contributed by atoms with Gasteiger partial charge in [0.25, 0.3) is 0 Å². The number of hydrogen-bond acceptors (Lipinski definition) is 8. The summed E-state index contributed by atoms with van der Waals surface area (Å²) < 4.78 is 23.2. The fourth-order valence-corrected chi connectivity index (χ4v) is 3.93. The van der Waals surface area contributed by atoms with Gasteiger partial charge in [-0.25, -0.2) is 14.8 Å². The number of piperidine rings is 1. The van der Waals surface area contributed by atoms with Crippen molar-refractivity contribution >= 4 is 24.6 Å². The smallest absolute Gasteiger partial charge is 0.461 e. The maximum absolute atomic E-state index is 13.1. The van der Waals surface area contributed by atoms with Crippen molar-refractivity contribution in [1.29, 1.82) is 0 Å². The second kappa shape index (κ2) is 10.3. The van der Waals surface area contributed by atoms with E-state index in [2.05, 4.69) is 15.3 Å². The van der Waals surface area contributed by atoms with E-state index in [1.807, 2.05) is 27.7 Å². The highest BCUT2D eigenvalue weighted by molar-refractivity contribution is 6.61. The summed E-state index contributed by atoms with van der Waals surface area (Å²) in [6.45, 7) is 15.8. The van der Waals surface area contributed by atoms with Gasteiger partial charge in [0.15, 0.2) is 0 Å². The number of aromatic nitrogens is 2. The molecule has 3 heterocycles. The van der Waals surface area contributed by atoms with Crippen LogP contribution in [-0.4, -0.2) is 76.0 Å². The van der Waals surface area contributed by atoms with Gasteiger partial charge in [0, 0.05) is 24.4 Å². The Hall–Kier alpha value is -2.40. The molecule has 0 aliphatic carbocycles. The van der Waals surface area contributed by atoms with Gasteiger partial charge in [0.2, 0.25) is 5.91 Å². The van der Waals surface area contributed by atoms with E-state index in [4.69, 9.17) is 18.8 Å². The van der Waals surface area contributed by atoms with Gasteiger partial charge in [-0.05, 0) is 74.7 Å². The van der Waals surface area contributed by atoms with Gasteiger partial charge in [-0.15, -0.1) is 0 Å². The Morgan fingerprint density at radius 2 is 1.77 bits per heavy atom. The van der Waals surface area contributed by atoms with Gasteiger partial charge >= 0.3 is 19.2 Å². The molecule has 0 radical (unpaired) electrons. The van der Waals surface area contributed by atoms with Crippen molar-refractivity contribution in [2.45, 2.75) is 104 Å². The van der Waals surface area contributed by atoms with E-state index in [0.29, 0.717) is 12.0 Å². The van der Waals surface area contributed by atoms with E-state index in [1.54, 1.807) is 45.0 Å². The maximum Gasteiger partial charge on any atom is 0.498 e. The van der Waals surface area contributed by atoms with Crippen LogP contribution in [-0.2, 0) is 18.8 Å². The normalized spacial score (nSPS) is 22.5. The number of ether oxygens (including phenoxy) is 2. The maximum atomic E-state index is 13.1. The van der Waals surface area contributed by atoms with E-state index in [0.717, 1.165) is 19.3 Å². The summed E-state index contributed by atoms with van der Waals surface area (Å²) >= 11 is 0. The molecule has 1 N–H and O–H groups in total. The minimum atomic E-state index is -0.708. The van der Waals surface area contributed by atoms with Gasteiger partial charge in [-0.3, -0.25) is 4.79 Å². The van der Waals surface area contributed by atoms with Gasteiger partial charge in [0.05, 0.1) is 17.2 Å². The molecule has 0 saturated carbocycles. The molecule has 3 rings (SSSR count). The van der Waals surface area contributed by atoms with Crippen LogP contribution in [0.4, 0.5) is 4.79 Å². The van der Waals surface area contributed by atoms with Gasteiger partial charge in [0.1, 0.15) is 18.2 Å². The third kappa shape index (κ3) is 6.85. The minimum Gasteiger partial charge on any atom is -0.461 e. The molecule has 2 aliphatic heterocycles. The standard InChI is InChI=1S/C24H39BN4O6/c1-16(28-21(31)33-22(2,3)4)19(30)29-12-10-9-11-18(29)15-32-20-26-13-17(14-27-20)25-34-23(5,6)24(7,8)35-25/h13-14,16,18H,9-12,15H2,1-8H3,(H,28,31). The summed E-state index contributed by atoms with van der Waals surface area (Å²) in [5.74, 6) is -0.166. The van der Waals surface area contributed by atoms with Crippen molar-refractivity contribution in [1.82, 2.24) is 20.2 Å². The lowest BCUT2D eigenvalue weighted by atomic mass is 9.81. The molecule has 35 heavy (non-hydrogen) atoms. The molecule has 0 bridgehead atoms. The van der Waals surface area contributed by atoms with Crippen LogP contribution in [0.25, 0.3) is 0 Å². The van der Waals surface area contributed by atoms with Crippen molar-refractivity contribution in [3.8, 4) is 6.01 Å². The highest BCUT2D eigenvalue weighted by atomic mass is 16.7. The molecule has 0 aromatic carbocycles. The van der Waals surface area contributed by atoms with Crippen LogP contribution in [0.2, 0.25) is 0 Å². The molecule has 10 nitrogen and oxygen atoms in total. The zero-order valence-electron chi connectivity index (χ0n) is 22.2. The first kappa shape index (κ1) is 27.2. The second-order valence-corrected chi connectivity index (χ2v) is 11.2. The molecule has 2 aliphatic rings. The van der Waals surface area contributed by atoms with E-state index >= 15 is 0 Å². The van der Waals surface area contributed by atoms with Crippen LogP contribution in [0.15, 0.2) is 12.4 Å². The lowest BCUT2D eigenvalue weighted by Crippen LogP contribution is -2.54. The summed E-state index contributed by atoms with van der Waals surface area (Å²) in [4.78, 5) is 35.5. The number of nitrogens with one attached hydrogen (secondary N) is 1. The summed E-state index contributed by atoms with van der Waals surface area (Å²) in [7, 11) is -0.542. The molecule has 2 unspecified atom stereocenters. The Balaban J connectivity index is 1.56. The summed E-state index contributed by atoms with van der Waals surface area (Å²) in [5.41, 5.74) is -0.808. The SMILES string of the molecule is CC(NC(=O)OC(C)(C)C)C(=O)N1CCCCC1COc1ncc(B2OC(C)(C)C(C)(C)O2)cn1. The number of alkyl carbamates (subject to hydrolysis) is 1. The molecule has 194 valence electrons. The Bertz CT molecular complexity index is 886. The number of carbonyl (C=O) groups is 2. The minimum absolute atomic E-state index is 0.134. The number of carbonyl (C=O) groups excluding carboxylic acids is 2. The molecule has 1 aromatic heterocycles. The summed E-state index contributed by atoms with van der Waals surface area (Å²) in [6, 6.07) is -0.616. The lowest BCUT2D eigenvalue weighted by molar-refractivity contribution is -0.137. The van der Waals surface area contributed by atoms with E-state index in [-0.39, 0.29) is 24.6 Å². The summed E-state index contributed by atoms with van der Waals surface area (Å²) in [5, 5.41) is 2.63. The average Bonchev–Trinajstić information content (AvgIpc) is 2.97. The zero-order chi connectivity index (χ0) is 26.0. The molecule has 0 spiro atoms. The molecule has 1 aromatic rings. The quantitative estimate of drug-likeness (QED) is 0.606. The Labute approximate surface area is 208 Å². The molecule has 2 atom stereocenters. The van der Waals surface area contributed by atoms with E-state index < -0.39 is 36.1 Å². The number of likely N-dealkylation sites (tertiary alicyclic amines) is 1. The van der Waals surface area contributed by atoms with Crippen LogP contribution < -0.4 is 15.5 Å². The van der Waals surface area contributed by atoms with Crippen LogP contribution in [0, 0.1) is 0 Å². The van der Waals surface area contributed by atoms with Crippen molar-refractivity contribution in [2.24, 2.45) is 0 Å². The Morgan fingerprint density at radius 1 is 1.17 bits per heavy atom. The topological polar surface area (TPSA) is 112 Å². The molecule has 2 amide bonds. The number of rotatable bonds is 6. The first-order valence-electron chi connectivity index (χ1n) is 12.3. The van der Waals surface area contributed by atoms with Crippen molar-refractivity contribution in [3.05, 3.63) is 12.4 Å². The predicted octanol–water partition coefficient (Wildman–Crippen LogP) is 2.45. The molecule has 2 saturated heterocycles. The first-order chi connectivity index (χ1) is 16.2. The van der Waals surface area contributed by atoms with Gasteiger partial charge in [-0.2, -0.15) is 0 Å². The van der Waals surface area contributed by atoms with Crippen molar-refractivity contribution in [2.75, 3.05) is 13.2 Å². The van der Waals surface area contributed by atoms with E-state index in [9.17, 15) is 9.59 Å². The first-order valence-corrected chi connectivity index (χ1v) is 12.3.